The normalized spacial score (nSPS) is 12.3. The van der Waals surface area contributed by atoms with Gasteiger partial charge in [0.1, 0.15) is 0 Å². The van der Waals surface area contributed by atoms with E-state index in [9.17, 15) is 0 Å². The predicted molar refractivity (Wildman–Crippen MR) is 91.0 cm³/mol. The van der Waals surface area contributed by atoms with Gasteiger partial charge in [0, 0.05) is 12.0 Å². The number of benzene rings is 2. The third kappa shape index (κ3) is 4.11. The fourth-order valence-electron chi connectivity index (χ4n) is 2.04. The molecule has 0 saturated carbocycles. The number of halogens is 1. The molecule has 0 aliphatic rings. The predicted octanol–water partition coefficient (Wildman–Crippen LogP) is 5.08. The van der Waals surface area contributed by atoms with Crippen LogP contribution >= 0.6 is 27.7 Å². The summed E-state index contributed by atoms with van der Waals surface area (Å²) in [5, 5.41) is 0. The number of ether oxygens (including phenoxy) is 1. The van der Waals surface area contributed by atoms with Crippen LogP contribution in [0.3, 0.4) is 0 Å². The Kier molecular flexibility index (Phi) is 6.14. The quantitative estimate of drug-likeness (QED) is 0.530. The van der Waals surface area contributed by atoms with Gasteiger partial charge in [-0.05, 0) is 41.5 Å². The Bertz CT molecular complexity index is 522. The highest BCUT2D eigenvalue weighted by Gasteiger charge is 2.10. The van der Waals surface area contributed by atoms with E-state index in [1.807, 2.05) is 0 Å². The Morgan fingerprint density at radius 1 is 1.00 bits per heavy atom. The van der Waals surface area contributed by atoms with Crippen LogP contribution in [0.25, 0.3) is 0 Å². The van der Waals surface area contributed by atoms with Gasteiger partial charge >= 0.3 is 0 Å². The van der Waals surface area contributed by atoms with Gasteiger partial charge in [-0.2, -0.15) is 0 Å². The van der Waals surface area contributed by atoms with E-state index in [0.29, 0.717) is 0 Å². The van der Waals surface area contributed by atoms with Gasteiger partial charge in [-0.1, -0.05) is 52.3 Å². The molecular formula is C17H19BrOS. The van der Waals surface area contributed by atoms with Crippen LogP contribution in [0.4, 0.5) is 0 Å². The molecule has 0 bridgehead atoms. The van der Waals surface area contributed by atoms with Crippen molar-refractivity contribution >= 4 is 27.7 Å². The van der Waals surface area contributed by atoms with Gasteiger partial charge in [-0.15, -0.1) is 11.8 Å². The van der Waals surface area contributed by atoms with Crippen molar-refractivity contribution in [2.45, 2.75) is 16.1 Å². The van der Waals surface area contributed by atoms with E-state index in [4.69, 9.17) is 4.74 Å². The lowest BCUT2D eigenvalue weighted by Crippen LogP contribution is -1.96. The molecule has 106 valence electrons. The summed E-state index contributed by atoms with van der Waals surface area (Å²) >= 11 is 5.55. The molecule has 2 aromatic carbocycles. The Morgan fingerprint density at radius 3 is 2.05 bits per heavy atom. The van der Waals surface area contributed by atoms with Crippen LogP contribution in [0.2, 0.25) is 0 Å². The molecule has 0 amide bonds. The summed E-state index contributed by atoms with van der Waals surface area (Å²) in [6, 6.07) is 17.4. The van der Waals surface area contributed by atoms with Crippen LogP contribution in [0.15, 0.2) is 53.4 Å². The van der Waals surface area contributed by atoms with Gasteiger partial charge < -0.3 is 4.74 Å². The van der Waals surface area contributed by atoms with Crippen LogP contribution in [-0.4, -0.2) is 20.0 Å². The van der Waals surface area contributed by atoms with E-state index in [0.717, 1.165) is 13.0 Å². The fourth-order valence-corrected chi connectivity index (χ4v) is 3.06. The van der Waals surface area contributed by atoms with Crippen molar-refractivity contribution in [3.63, 3.8) is 0 Å². The molecule has 0 spiro atoms. The zero-order valence-corrected chi connectivity index (χ0v) is 14.2. The maximum Gasteiger partial charge on any atom is 0.0644 e. The average Bonchev–Trinajstić information content (AvgIpc) is 2.53. The molecule has 1 unspecified atom stereocenters. The van der Waals surface area contributed by atoms with Crippen LogP contribution in [0.1, 0.15) is 21.5 Å². The highest BCUT2D eigenvalue weighted by Crippen LogP contribution is 2.31. The van der Waals surface area contributed by atoms with Gasteiger partial charge in [-0.25, -0.2) is 0 Å². The Hall–Kier alpha value is -0.770. The monoisotopic (exact) mass is 350 g/mol. The topological polar surface area (TPSA) is 9.23 Å². The molecule has 3 heteroatoms. The number of hydrogen-bond donors (Lipinski definition) is 0. The minimum atomic E-state index is 0.245. The van der Waals surface area contributed by atoms with Crippen molar-refractivity contribution in [3.05, 3.63) is 65.2 Å². The highest BCUT2D eigenvalue weighted by atomic mass is 79.9. The second kappa shape index (κ2) is 7.87. The van der Waals surface area contributed by atoms with Gasteiger partial charge in [0.25, 0.3) is 0 Å². The zero-order valence-electron chi connectivity index (χ0n) is 11.8. The zero-order chi connectivity index (χ0) is 14.4. The first-order chi connectivity index (χ1) is 9.74. The molecule has 20 heavy (non-hydrogen) atoms. The molecule has 0 aromatic heterocycles. The maximum absolute atomic E-state index is 5.10. The Morgan fingerprint density at radius 2 is 1.55 bits per heavy atom. The number of thioether (sulfide) groups is 1. The second-order valence-corrected chi connectivity index (χ2v) is 6.42. The molecule has 0 fully saturated rings. The molecule has 2 aromatic rings. The number of rotatable bonds is 6. The largest absolute Gasteiger partial charge is 0.384 e. The second-order valence-electron chi connectivity index (χ2n) is 4.62. The molecule has 1 nitrogen and oxygen atoms in total. The minimum Gasteiger partial charge on any atom is -0.384 e. The summed E-state index contributed by atoms with van der Waals surface area (Å²) in [6.07, 6.45) is 3.06. The molecule has 2 rings (SSSR count). The lowest BCUT2D eigenvalue weighted by Gasteiger charge is -2.12. The van der Waals surface area contributed by atoms with Gasteiger partial charge in [-0.3, -0.25) is 0 Å². The van der Waals surface area contributed by atoms with Crippen LogP contribution in [-0.2, 0) is 11.2 Å². The van der Waals surface area contributed by atoms with Crippen molar-refractivity contribution in [2.24, 2.45) is 0 Å². The smallest absolute Gasteiger partial charge is 0.0644 e. The summed E-state index contributed by atoms with van der Waals surface area (Å²) in [6.45, 7) is 0.771. The summed E-state index contributed by atoms with van der Waals surface area (Å²) in [5.74, 6) is 0. The third-order valence-corrected chi connectivity index (χ3v) is 5.08. The number of alkyl halides is 1. The maximum atomic E-state index is 5.10. The summed E-state index contributed by atoms with van der Waals surface area (Å²) in [7, 11) is 1.74. The van der Waals surface area contributed by atoms with E-state index in [-0.39, 0.29) is 4.83 Å². The molecular weight excluding hydrogens is 332 g/mol. The van der Waals surface area contributed by atoms with E-state index < -0.39 is 0 Å². The van der Waals surface area contributed by atoms with Crippen LogP contribution < -0.4 is 0 Å². The Balaban J connectivity index is 2.09. The lowest BCUT2D eigenvalue weighted by molar-refractivity contribution is 0.202. The van der Waals surface area contributed by atoms with E-state index >= 15 is 0 Å². The number of methoxy groups -OCH3 is 1. The van der Waals surface area contributed by atoms with Crippen molar-refractivity contribution in [1.82, 2.24) is 0 Å². The standard InChI is InChI=1S/C17H19BrOS/c1-19-12-11-13-3-5-14(6-4-13)17(18)15-7-9-16(20-2)10-8-15/h3-10,17H,11-12H2,1-2H3. The first kappa shape index (κ1) is 15.6. The summed E-state index contributed by atoms with van der Waals surface area (Å²) < 4.78 is 5.10. The van der Waals surface area contributed by atoms with E-state index in [1.165, 1.54) is 21.6 Å². The molecule has 0 heterocycles. The van der Waals surface area contributed by atoms with Crippen molar-refractivity contribution in [2.75, 3.05) is 20.0 Å². The third-order valence-electron chi connectivity index (χ3n) is 3.28. The van der Waals surface area contributed by atoms with Crippen molar-refractivity contribution in [1.29, 1.82) is 0 Å². The van der Waals surface area contributed by atoms with Crippen LogP contribution in [0.5, 0.6) is 0 Å². The van der Waals surface area contributed by atoms with E-state index in [1.54, 1.807) is 18.9 Å². The summed E-state index contributed by atoms with van der Waals surface area (Å²) in [5.41, 5.74) is 3.88. The average molecular weight is 351 g/mol. The fraction of sp³-hybridized carbons (Fsp3) is 0.294. The van der Waals surface area contributed by atoms with Crippen molar-refractivity contribution in [3.8, 4) is 0 Å². The first-order valence-corrected chi connectivity index (χ1v) is 8.74. The molecule has 0 radical (unpaired) electrons. The van der Waals surface area contributed by atoms with E-state index in [2.05, 4.69) is 70.7 Å². The summed E-state index contributed by atoms with van der Waals surface area (Å²) in [4.78, 5) is 1.54. The van der Waals surface area contributed by atoms with Gasteiger partial charge in [0.05, 0.1) is 11.4 Å². The first-order valence-electron chi connectivity index (χ1n) is 6.60. The molecule has 1 atom stereocenters. The molecule has 0 aliphatic carbocycles. The molecule has 0 N–H and O–H groups in total. The minimum absolute atomic E-state index is 0.245. The van der Waals surface area contributed by atoms with Crippen LogP contribution in [0, 0.1) is 0 Å². The molecule has 0 saturated heterocycles. The SMILES string of the molecule is COCCc1ccc(C(Br)c2ccc(SC)cc2)cc1. The molecule has 0 aliphatic heterocycles. The van der Waals surface area contributed by atoms with Gasteiger partial charge in [0.2, 0.25) is 0 Å². The lowest BCUT2D eigenvalue weighted by atomic mass is 10.0. The number of hydrogen-bond acceptors (Lipinski definition) is 2. The highest BCUT2D eigenvalue weighted by molar-refractivity contribution is 9.09. The van der Waals surface area contributed by atoms with Crippen molar-refractivity contribution < 1.29 is 4.74 Å². The Labute approximate surface area is 133 Å². The van der Waals surface area contributed by atoms with Gasteiger partial charge in [0.15, 0.2) is 0 Å².